The number of unbranched alkanes of at least 4 members (excludes halogenated alkanes) is 2. The van der Waals surface area contributed by atoms with Crippen LogP contribution in [0.15, 0.2) is 24.3 Å². The molecule has 1 unspecified atom stereocenters. The molecule has 0 amide bonds. The van der Waals surface area contributed by atoms with Gasteiger partial charge in [-0.05, 0) is 32.9 Å². The summed E-state index contributed by atoms with van der Waals surface area (Å²) in [4.78, 5) is 0. The Balaban J connectivity index is 2.50. The van der Waals surface area contributed by atoms with Gasteiger partial charge in [0, 0.05) is 18.0 Å². The van der Waals surface area contributed by atoms with Crippen LogP contribution >= 0.6 is 0 Å². The molecule has 0 radical (unpaired) electrons. The summed E-state index contributed by atoms with van der Waals surface area (Å²) in [5.74, 6) is 0.936. The molecule has 1 aromatic rings. The summed E-state index contributed by atoms with van der Waals surface area (Å²) in [7, 11) is 1.94. The molecular weight excluding hydrogens is 212 g/mol. The highest BCUT2D eigenvalue weighted by Crippen LogP contribution is 2.24. The van der Waals surface area contributed by atoms with Crippen LogP contribution in [0.2, 0.25) is 0 Å². The summed E-state index contributed by atoms with van der Waals surface area (Å²) in [6, 6.07) is 10.5. The predicted molar refractivity (Wildman–Crippen MR) is 68.9 cm³/mol. The molecule has 0 saturated carbocycles. The van der Waals surface area contributed by atoms with Crippen molar-refractivity contribution in [3.63, 3.8) is 0 Å². The van der Waals surface area contributed by atoms with E-state index in [4.69, 9.17) is 10.00 Å². The van der Waals surface area contributed by atoms with Crippen molar-refractivity contribution in [2.45, 2.75) is 32.2 Å². The average Bonchev–Trinajstić information content (AvgIpc) is 2.38. The van der Waals surface area contributed by atoms with Gasteiger partial charge in [0.15, 0.2) is 0 Å². The minimum Gasteiger partial charge on any atom is -0.493 e. The van der Waals surface area contributed by atoms with Gasteiger partial charge in [-0.15, -0.1) is 0 Å². The van der Waals surface area contributed by atoms with E-state index in [1.165, 1.54) is 5.56 Å². The third-order valence-corrected chi connectivity index (χ3v) is 2.76. The van der Waals surface area contributed by atoms with Crippen LogP contribution in [0.4, 0.5) is 0 Å². The summed E-state index contributed by atoms with van der Waals surface area (Å²) in [5.41, 5.74) is 1.18. The number of para-hydroxylation sites is 1. The molecule has 0 saturated heterocycles. The Morgan fingerprint density at radius 2 is 2.12 bits per heavy atom. The van der Waals surface area contributed by atoms with E-state index in [0.717, 1.165) is 18.6 Å². The second kappa shape index (κ2) is 7.70. The van der Waals surface area contributed by atoms with Gasteiger partial charge in [-0.3, -0.25) is 0 Å². The van der Waals surface area contributed by atoms with Crippen LogP contribution in [-0.2, 0) is 0 Å². The molecule has 1 rings (SSSR count). The lowest BCUT2D eigenvalue weighted by molar-refractivity contribution is 0.302. The second-order valence-corrected chi connectivity index (χ2v) is 4.01. The summed E-state index contributed by atoms with van der Waals surface area (Å²) >= 11 is 0. The zero-order chi connectivity index (χ0) is 12.5. The first kappa shape index (κ1) is 13.5. The van der Waals surface area contributed by atoms with Gasteiger partial charge in [0.05, 0.1) is 12.7 Å². The van der Waals surface area contributed by atoms with Gasteiger partial charge in [0.1, 0.15) is 5.75 Å². The average molecular weight is 232 g/mol. The molecule has 0 bridgehead atoms. The van der Waals surface area contributed by atoms with E-state index >= 15 is 0 Å². The quantitative estimate of drug-likeness (QED) is 0.735. The van der Waals surface area contributed by atoms with E-state index in [-0.39, 0.29) is 6.04 Å². The number of rotatable bonds is 7. The zero-order valence-corrected chi connectivity index (χ0v) is 10.6. The van der Waals surface area contributed by atoms with Crippen LogP contribution in [0, 0.1) is 11.3 Å². The molecule has 0 aromatic heterocycles. The molecule has 0 aliphatic carbocycles. The van der Waals surface area contributed by atoms with Crippen molar-refractivity contribution in [2.75, 3.05) is 13.7 Å². The van der Waals surface area contributed by atoms with Gasteiger partial charge in [-0.2, -0.15) is 5.26 Å². The maximum atomic E-state index is 8.43. The van der Waals surface area contributed by atoms with E-state index in [2.05, 4.69) is 24.4 Å². The molecule has 1 atom stereocenters. The van der Waals surface area contributed by atoms with Crippen LogP contribution in [0.25, 0.3) is 0 Å². The van der Waals surface area contributed by atoms with Crippen LogP contribution in [-0.4, -0.2) is 13.7 Å². The van der Waals surface area contributed by atoms with E-state index in [0.29, 0.717) is 13.0 Å². The Labute approximate surface area is 103 Å². The van der Waals surface area contributed by atoms with Gasteiger partial charge in [-0.25, -0.2) is 0 Å². The highest BCUT2D eigenvalue weighted by atomic mass is 16.5. The number of nitriles is 1. The lowest BCUT2D eigenvalue weighted by atomic mass is 10.1. The number of nitrogens with zero attached hydrogens (tertiary/aromatic N) is 1. The first-order valence-corrected chi connectivity index (χ1v) is 6.05. The fraction of sp³-hybridized carbons (Fsp3) is 0.500. The van der Waals surface area contributed by atoms with Gasteiger partial charge in [-0.1, -0.05) is 18.2 Å². The predicted octanol–water partition coefficient (Wildman–Crippen LogP) is 3.04. The van der Waals surface area contributed by atoms with Gasteiger partial charge in [0.25, 0.3) is 0 Å². The van der Waals surface area contributed by atoms with E-state index in [9.17, 15) is 0 Å². The molecule has 17 heavy (non-hydrogen) atoms. The van der Waals surface area contributed by atoms with Crippen LogP contribution in [0.3, 0.4) is 0 Å². The van der Waals surface area contributed by atoms with Crippen LogP contribution < -0.4 is 10.1 Å². The van der Waals surface area contributed by atoms with Crippen molar-refractivity contribution < 1.29 is 4.74 Å². The maximum Gasteiger partial charge on any atom is 0.124 e. The Kier molecular flexibility index (Phi) is 6.13. The SMILES string of the molecule is CNC(C)c1ccccc1OCCCCC#N. The Morgan fingerprint density at radius 1 is 1.35 bits per heavy atom. The molecule has 92 valence electrons. The van der Waals surface area contributed by atoms with E-state index in [1.54, 1.807) is 0 Å². The summed E-state index contributed by atoms with van der Waals surface area (Å²) in [6.45, 7) is 2.78. The monoisotopic (exact) mass is 232 g/mol. The lowest BCUT2D eigenvalue weighted by Crippen LogP contribution is -2.13. The van der Waals surface area contributed by atoms with Crippen molar-refractivity contribution >= 4 is 0 Å². The Bertz CT molecular complexity index is 371. The highest BCUT2D eigenvalue weighted by Gasteiger charge is 2.08. The van der Waals surface area contributed by atoms with E-state index < -0.39 is 0 Å². The first-order chi connectivity index (χ1) is 8.29. The minimum atomic E-state index is 0.283. The second-order valence-electron chi connectivity index (χ2n) is 4.01. The van der Waals surface area contributed by atoms with Crippen molar-refractivity contribution in [3.8, 4) is 11.8 Å². The summed E-state index contributed by atoms with van der Waals surface area (Å²) in [5, 5.41) is 11.6. The minimum absolute atomic E-state index is 0.283. The fourth-order valence-electron chi connectivity index (χ4n) is 1.61. The Hall–Kier alpha value is -1.53. The van der Waals surface area contributed by atoms with Gasteiger partial charge >= 0.3 is 0 Å². The van der Waals surface area contributed by atoms with Crippen molar-refractivity contribution in [1.82, 2.24) is 5.32 Å². The molecule has 1 aromatic carbocycles. The molecule has 1 N–H and O–H groups in total. The molecule has 3 nitrogen and oxygen atoms in total. The maximum absolute atomic E-state index is 8.43. The smallest absolute Gasteiger partial charge is 0.124 e. The van der Waals surface area contributed by atoms with Gasteiger partial charge in [0.2, 0.25) is 0 Å². The first-order valence-electron chi connectivity index (χ1n) is 6.05. The third-order valence-electron chi connectivity index (χ3n) is 2.76. The van der Waals surface area contributed by atoms with Crippen LogP contribution in [0.1, 0.15) is 37.8 Å². The summed E-state index contributed by atoms with van der Waals surface area (Å²) in [6.07, 6.45) is 2.44. The number of benzene rings is 1. The molecule has 0 aliphatic heterocycles. The Morgan fingerprint density at radius 3 is 2.82 bits per heavy atom. The standard InChI is InChI=1S/C14H20N2O/c1-12(16-2)13-8-4-5-9-14(13)17-11-7-3-6-10-15/h4-5,8-9,12,16H,3,6-7,11H2,1-2H3. The molecule has 3 heteroatoms. The van der Waals surface area contributed by atoms with E-state index in [1.807, 2.05) is 25.2 Å². The zero-order valence-electron chi connectivity index (χ0n) is 10.6. The molecule has 0 spiro atoms. The van der Waals surface area contributed by atoms with Gasteiger partial charge < -0.3 is 10.1 Å². The number of hydrogen-bond acceptors (Lipinski definition) is 3. The van der Waals surface area contributed by atoms with Crippen molar-refractivity contribution in [1.29, 1.82) is 5.26 Å². The fourth-order valence-corrected chi connectivity index (χ4v) is 1.61. The lowest BCUT2D eigenvalue weighted by Gasteiger charge is -2.16. The largest absolute Gasteiger partial charge is 0.493 e. The number of hydrogen-bond donors (Lipinski definition) is 1. The number of ether oxygens (including phenoxy) is 1. The third kappa shape index (κ3) is 4.46. The molecule has 0 heterocycles. The summed E-state index contributed by atoms with van der Waals surface area (Å²) < 4.78 is 5.76. The van der Waals surface area contributed by atoms with Crippen molar-refractivity contribution in [3.05, 3.63) is 29.8 Å². The molecular formula is C14H20N2O. The number of nitrogens with one attached hydrogen (secondary N) is 1. The molecule has 0 fully saturated rings. The topological polar surface area (TPSA) is 45.0 Å². The normalized spacial score (nSPS) is 11.8. The van der Waals surface area contributed by atoms with Crippen molar-refractivity contribution in [2.24, 2.45) is 0 Å². The highest BCUT2D eigenvalue weighted by molar-refractivity contribution is 5.35. The van der Waals surface area contributed by atoms with Crippen LogP contribution in [0.5, 0.6) is 5.75 Å². The molecule has 0 aliphatic rings.